The van der Waals surface area contributed by atoms with Crippen molar-refractivity contribution in [3.05, 3.63) is 59.4 Å². The van der Waals surface area contributed by atoms with Crippen molar-refractivity contribution in [3.63, 3.8) is 0 Å². The van der Waals surface area contributed by atoms with E-state index in [9.17, 15) is 14.9 Å². The molecule has 1 aromatic carbocycles. The molecule has 4 heterocycles. The van der Waals surface area contributed by atoms with E-state index in [1.807, 2.05) is 0 Å². The van der Waals surface area contributed by atoms with Crippen molar-refractivity contribution in [2.75, 3.05) is 6.79 Å². The van der Waals surface area contributed by atoms with Crippen LogP contribution in [0.2, 0.25) is 0 Å². The Morgan fingerprint density at radius 1 is 1.30 bits per heavy atom. The molecule has 1 aliphatic rings. The van der Waals surface area contributed by atoms with E-state index >= 15 is 0 Å². The molecule has 0 spiro atoms. The first-order valence-corrected chi connectivity index (χ1v) is 9.18. The standard InChI is InChI=1S/C16H7BrN4O5S/c17-8-3-9-14(18-5-8)20-15(22)13(27-16(20)19-9)2-7-1-11-12(26-6-25-11)4-10(7)21(23)24/h1-5H,6H2/b13-2-. The lowest BCUT2D eigenvalue weighted by Crippen LogP contribution is -2.23. The van der Waals surface area contributed by atoms with Crippen molar-refractivity contribution in [3.8, 4) is 11.5 Å². The Morgan fingerprint density at radius 3 is 2.85 bits per heavy atom. The van der Waals surface area contributed by atoms with Crippen LogP contribution in [0.4, 0.5) is 5.69 Å². The molecule has 1 aliphatic heterocycles. The van der Waals surface area contributed by atoms with Crippen LogP contribution in [0.5, 0.6) is 11.5 Å². The van der Waals surface area contributed by atoms with Crippen LogP contribution in [0.25, 0.3) is 22.2 Å². The molecular weight excluding hydrogens is 440 g/mol. The van der Waals surface area contributed by atoms with E-state index in [1.165, 1.54) is 22.6 Å². The minimum Gasteiger partial charge on any atom is -0.454 e. The van der Waals surface area contributed by atoms with Gasteiger partial charge in [0.05, 0.1) is 21.1 Å². The first kappa shape index (κ1) is 16.1. The highest BCUT2D eigenvalue weighted by Crippen LogP contribution is 2.38. The number of imidazole rings is 1. The summed E-state index contributed by atoms with van der Waals surface area (Å²) in [7, 11) is 0. The number of thiazole rings is 1. The highest BCUT2D eigenvalue weighted by Gasteiger charge is 2.23. The molecule has 3 aromatic heterocycles. The molecule has 9 nitrogen and oxygen atoms in total. The van der Waals surface area contributed by atoms with Crippen LogP contribution in [-0.2, 0) is 0 Å². The van der Waals surface area contributed by atoms with Crippen LogP contribution >= 0.6 is 27.3 Å². The maximum Gasteiger partial charge on any atom is 0.280 e. The molecule has 0 bridgehead atoms. The second kappa shape index (κ2) is 5.72. The van der Waals surface area contributed by atoms with Crippen molar-refractivity contribution in [1.82, 2.24) is 14.4 Å². The Bertz CT molecular complexity index is 1380. The lowest BCUT2D eigenvalue weighted by Gasteiger charge is -2.00. The van der Waals surface area contributed by atoms with Gasteiger partial charge in [-0.25, -0.2) is 14.4 Å². The molecule has 11 heteroatoms. The average Bonchev–Trinajstić information content (AvgIpc) is 3.29. The molecule has 0 N–H and O–H groups in total. The van der Waals surface area contributed by atoms with Gasteiger partial charge in [0.2, 0.25) is 6.79 Å². The van der Waals surface area contributed by atoms with Crippen LogP contribution in [-0.4, -0.2) is 26.1 Å². The van der Waals surface area contributed by atoms with Gasteiger partial charge in [-0.3, -0.25) is 14.9 Å². The van der Waals surface area contributed by atoms with Crippen LogP contribution in [0.1, 0.15) is 5.56 Å². The summed E-state index contributed by atoms with van der Waals surface area (Å²) in [5, 5.41) is 11.4. The van der Waals surface area contributed by atoms with Crippen molar-refractivity contribution in [2.45, 2.75) is 0 Å². The number of benzene rings is 1. The summed E-state index contributed by atoms with van der Waals surface area (Å²) < 4.78 is 12.9. The zero-order chi connectivity index (χ0) is 18.7. The monoisotopic (exact) mass is 446 g/mol. The molecule has 0 radical (unpaired) electrons. The van der Waals surface area contributed by atoms with Gasteiger partial charge in [-0.15, -0.1) is 0 Å². The van der Waals surface area contributed by atoms with Crippen molar-refractivity contribution in [1.29, 1.82) is 0 Å². The summed E-state index contributed by atoms with van der Waals surface area (Å²) >= 11 is 4.46. The molecule has 0 amide bonds. The van der Waals surface area contributed by atoms with E-state index in [0.717, 1.165) is 15.8 Å². The summed E-state index contributed by atoms with van der Waals surface area (Å²) in [5.41, 5.74) is 0.782. The lowest BCUT2D eigenvalue weighted by molar-refractivity contribution is -0.385. The molecule has 0 atom stereocenters. The Labute approximate surface area is 161 Å². The lowest BCUT2D eigenvalue weighted by atomic mass is 10.1. The van der Waals surface area contributed by atoms with E-state index in [4.69, 9.17) is 9.47 Å². The largest absolute Gasteiger partial charge is 0.454 e. The smallest absolute Gasteiger partial charge is 0.280 e. The SMILES string of the molecule is O=c1/c(=C/c2cc3c(cc2[N+](=O)[O-])OCO3)sc2nc3cc(Br)cnc3n12. The summed E-state index contributed by atoms with van der Waals surface area (Å²) in [6, 6.07) is 4.56. The third-order valence-corrected chi connectivity index (χ3v) is 5.46. The van der Waals surface area contributed by atoms with Gasteiger partial charge in [0.15, 0.2) is 22.1 Å². The Hall–Kier alpha value is -3.05. The first-order valence-electron chi connectivity index (χ1n) is 7.57. The van der Waals surface area contributed by atoms with Gasteiger partial charge in [-0.05, 0) is 34.1 Å². The van der Waals surface area contributed by atoms with Crippen LogP contribution in [0, 0.1) is 10.1 Å². The van der Waals surface area contributed by atoms with Gasteiger partial charge < -0.3 is 9.47 Å². The second-order valence-electron chi connectivity index (χ2n) is 5.66. The number of aromatic nitrogens is 3. The fourth-order valence-corrected chi connectivity index (χ4v) is 4.16. The summed E-state index contributed by atoms with van der Waals surface area (Å²) in [6.07, 6.45) is 3.05. The molecule has 134 valence electrons. The Kier molecular flexibility index (Phi) is 3.42. The predicted octanol–water partition coefficient (Wildman–Crippen LogP) is 2.25. The Morgan fingerprint density at radius 2 is 2.07 bits per heavy atom. The summed E-state index contributed by atoms with van der Waals surface area (Å²) in [4.78, 5) is 32.8. The molecule has 0 aliphatic carbocycles. The minimum absolute atomic E-state index is 0.00277. The number of nitro benzene ring substituents is 1. The van der Waals surface area contributed by atoms with Gasteiger partial charge in [0.1, 0.15) is 5.52 Å². The number of hydrogen-bond donors (Lipinski definition) is 0. The number of halogens is 1. The van der Waals surface area contributed by atoms with Crippen LogP contribution < -0.4 is 19.6 Å². The predicted molar refractivity (Wildman–Crippen MR) is 100 cm³/mol. The van der Waals surface area contributed by atoms with E-state index < -0.39 is 4.92 Å². The maximum atomic E-state index is 12.8. The normalized spacial score (nSPS) is 13.7. The molecule has 0 fully saturated rings. The first-order chi connectivity index (χ1) is 13.0. The van der Waals surface area contributed by atoms with E-state index in [0.29, 0.717) is 32.2 Å². The van der Waals surface area contributed by atoms with Gasteiger partial charge in [-0.2, -0.15) is 0 Å². The minimum atomic E-state index is -0.522. The highest BCUT2D eigenvalue weighted by atomic mass is 79.9. The third-order valence-electron chi connectivity index (χ3n) is 4.05. The number of nitrogens with zero attached hydrogens (tertiary/aromatic N) is 4. The molecule has 27 heavy (non-hydrogen) atoms. The number of rotatable bonds is 2. The number of pyridine rings is 1. The van der Waals surface area contributed by atoms with Crippen LogP contribution in [0.15, 0.2) is 33.7 Å². The van der Waals surface area contributed by atoms with Gasteiger partial charge in [-0.1, -0.05) is 11.3 Å². The number of hydrogen-bond acceptors (Lipinski definition) is 8. The number of fused-ring (bicyclic) bond motifs is 4. The van der Waals surface area contributed by atoms with E-state index in [-0.39, 0.29) is 23.6 Å². The summed E-state index contributed by atoms with van der Waals surface area (Å²) in [5.74, 6) is 0.709. The van der Waals surface area contributed by atoms with Crippen molar-refractivity contribution in [2.24, 2.45) is 0 Å². The molecule has 0 saturated carbocycles. The third kappa shape index (κ3) is 2.46. The zero-order valence-corrected chi connectivity index (χ0v) is 15.6. The molecule has 0 unspecified atom stereocenters. The van der Waals surface area contributed by atoms with Gasteiger partial charge >= 0.3 is 0 Å². The highest BCUT2D eigenvalue weighted by molar-refractivity contribution is 9.10. The second-order valence-corrected chi connectivity index (χ2v) is 7.59. The summed E-state index contributed by atoms with van der Waals surface area (Å²) in [6.45, 7) is 0.00277. The quantitative estimate of drug-likeness (QED) is 0.343. The fourth-order valence-electron chi connectivity index (χ4n) is 2.88. The molecule has 5 rings (SSSR count). The molecular formula is C16H7BrN4O5S. The average molecular weight is 447 g/mol. The number of nitro groups is 1. The van der Waals surface area contributed by atoms with Crippen LogP contribution in [0.3, 0.4) is 0 Å². The van der Waals surface area contributed by atoms with E-state index in [1.54, 1.807) is 12.3 Å². The number of ether oxygens (including phenoxy) is 2. The van der Waals surface area contributed by atoms with Gasteiger partial charge in [0, 0.05) is 10.7 Å². The molecule has 4 aromatic rings. The molecule has 0 saturated heterocycles. The topological polar surface area (TPSA) is 109 Å². The fraction of sp³-hybridized carbons (Fsp3) is 0.0625. The Balaban J connectivity index is 1.77. The maximum absolute atomic E-state index is 12.8. The van der Waals surface area contributed by atoms with Crippen molar-refractivity contribution < 1.29 is 14.4 Å². The van der Waals surface area contributed by atoms with Gasteiger partial charge in [0.25, 0.3) is 11.2 Å². The van der Waals surface area contributed by atoms with E-state index in [2.05, 4.69) is 25.9 Å². The zero-order valence-electron chi connectivity index (χ0n) is 13.2. The van der Waals surface area contributed by atoms with Crippen molar-refractivity contribution >= 4 is 55.2 Å².